The Balaban J connectivity index is 2.66. The molecule has 13 heavy (non-hydrogen) atoms. The highest BCUT2D eigenvalue weighted by molar-refractivity contribution is 4.89. The van der Waals surface area contributed by atoms with Crippen molar-refractivity contribution in [2.45, 2.75) is 30.7 Å². The van der Waals surface area contributed by atoms with Gasteiger partial charge in [0.1, 0.15) is 24.4 Å². The van der Waals surface area contributed by atoms with Gasteiger partial charge in [-0.05, 0) is 0 Å². The van der Waals surface area contributed by atoms with Gasteiger partial charge >= 0.3 is 0 Å². The van der Waals surface area contributed by atoms with Crippen LogP contribution in [0.4, 0.5) is 0 Å². The van der Waals surface area contributed by atoms with Crippen LogP contribution in [0.25, 0.3) is 0 Å². The normalized spacial score (nSPS) is 46.4. The highest BCUT2D eigenvalue weighted by Gasteiger charge is 2.43. The second kappa shape index (κ2) is 4.32. The van der Waals surface area contributed by atoms with Crippen molar-refractivity contribution in [3.05, 3.63) is 0 Å². The molecule has 0 saturated carbocycles. The van der Waals surface area contributed by atoms with E-state index in [0.29, 0.717) is 0 Å². The Hall–Kier alpha value is -0.240. The van der Waals surface area contributed by atoms with Crippen molar-refractivity contribution in [2.75, 3.05) is 13.7 Å². The molecule has 0 aromatic rings. The monoisotopic (exact) mass is 193 g/mol. The predicted molar refractivity (Wildman–Crippen MR) is 42.7 cm³/mol. The maximum absolute atomic E-state index is 9.35. The Morgan fingerprint density at radius 3 is 2.31 bits per heavy atom. The van der Waals surface area contributed by atoms with E-state index in [1.165, 1.54) is 7.11 Å². The molecule has 0 unspecified atom stereocenters. The van der Waals surface area contributed by atoms with Crippen molar-refractivity contribution in [1.29, 1.82) is 0 Å². The van der Waals surface area contributed by atoms with Crippen molar-refractivity contribution < 1.29 is 24.8 Å². The van der Waals surface area contributed by atoms with Crippen LogP contribution in [0.3, 0.4) is 0 Å². The summed E-state index contributed by atoms with van der Waals surface area (Å²) in [7, 11) is 1.34. The Morgan fingerprint density at radius 2 is 1.85 bits per heavy atom. The molecule has 6 heteroatoms. The molecule has 6 nitrogen and oxygen atoms in total. The maximum atomic E-state index is 9.35. The lowest BCUT2D eigenvalue weighted by Crippen LogP contribution is -2.59. The summed E-state index contributed by atoms with van der Waals surface area (Å²) in [5, 5.41) is 28.0. The number of hydrogen-bond acceptors (Lipinski definition) is 6. The summed E-state index contributed by atoms with van der Waals surface area (Å²) in [4.78, 5) is 0. The van der Waals surface area contributed by atoms with Gasteiger partial charge in [0.15, 0.2) is 6.29 Å². The largest absolute Gasteiger partial charge is 0.388 e. The summed E-state index contributed by atoms with van der Waals surface area (Å²) in [5.74, 6) is 0. The molecule has 0 aromatic heterocycles. The standard InChI is InChI=1S/C7H15NO5/c1-12-7-6(11)5(10)4(9)3(2-8)13-7/h3-7,9-11H,2,8H2,1H3/t3-,4+,5+,6-,7+/m1/s1. The molecule has 0 radical (unpaired) electrons. The molecule has 5 atom stereocenters. The van der Waals surface area contributed by atoms with Crippen LogP contribution in [0, 0.1) is 0 Å². The zero-order valence-electron chi connectivity index (χ0n) is 7.33. The summed E-state index contributed by atoms with van der Waals surface area (Å²) >= 11 is 0. The fraction of sp³-hybridized carbons (Fsp3) is 1.00. The van der Waals surface area contributed by atoms with E-state index in [0.717, 1.165) is 0 Å². The molecule has 1 saturated heterocycles. The van der Waals surface area contributed by atoms with E-state index in [1.54, 1.807) is 0 Å². The van der Waals surface area contributed by atoms with E-state index in [4.69, 9.17) is 15.2 Å². The predicted octanol–water partition coefficient (Wildman–Crippen LogP) is -2.60. The minimum Gasteiger partial charge on any atom is -0.388 e. The van der Waals surface area contributed by atoms with Gasteiger partial charge in [-0.2, -0.15) is 0 Å². The molecule has 1 aliphatic heterocycles. The fourth-order valence-electron chi connectivity index (χ4n) is 1.31. The fourth-order valence-corrected chi connectivity index (χ4v) is 1.31. The molecule has 0 bridgehead atoms. The Labute approximate surface area is 75.9 Å². The number of hydrogen-bond donors (Lipinski definition) is 4. The molecule has 0 amide bonds. The van der Waals surface area contributed by atoms with Gasteiger partial charge in [0.25, 0.3) is 0 Å². The minimum absolute atomic E-state index is 0.0603. The SMILES string of the molecule is CO[C@H]1O[C@H](CN)[C@H](O)[C@H](O)[C@H]1O. The van der Waals surface area contributed by atoms with Crippen LogP contribution in [0.2, 0.25) is 0 Å². The van der Waals surface area contributed by atoms with Crippen molar-refractivity contribution in [1.82, 2.24) is 0 Å². The maximum Gasteiger partial charge on any atom is 0.186 e. The van der Waals surface area contributed by atoms with Crippen LogP contribution in [0.1, 0.15) is 0 Å². The van der Waals surface area contributed by atoms with Crippen molar-refractivity contribution in [3.8, 4) is 0 Å². The van der Waals surface area contributed by atoms with Crippen molar-refractivity contribution >= 4 is 0 Å². The van der Waals surface area contributed by atoms with Gasteiger partial charge in [0, 0.05) is 13.7 Å². The summed E-state index contributed by atoms with van der Waals surface area (Å²) in [5.41, 5.74) is 5.28. The van der Waals surface area contributed by atoms with Crippen LogP contribution >= 0.6 is 0 Å². The molecular weight excluding hydrogens is 178 g/mol. The molecule has 5 N–H and O–H groups in total. The lowest BCUT2D eigenvalue weighted by atomic mass is 9.99. The Morgan fingerprint density at radius 1 is 1.23 bits per heavy atom. The van der Waals surface area contributed by atoms with Gasteiger partial charge < -0.3 is 30.5 Å². The number of methoxy groups -OCH3 is 1. The Kier molecular flexibility index (Phi) is 3.60. The van der Waals surface area contributed by atoms with E-state index in [1.807, 2.05) is 0 Å². The molecule has 0 aromatic carbocycles. The summed E-state index contributed by atoms with van der Waals surface area (Å²) < 4.78 is 9.83. The van der Waals surface area contributed by atoms with Crippen LogP contribution in [-0.4, -0.2) is 59.7 Å². The van der Waals surface area contributed by atoms with E-state index in [2.05, 4.69) is 0 Å². The van der Waals surface area contributed by atoms with Gasteiger partial charge in [-0.25, -0.2) is 0 Å². The number of nitrogens with two attached hydrogens (primary N) is 1. The van der Waals surface area contributed by atoms with E-state index in [9.17, 15) is 15.3 Å². The highest BCUT2D eigenvalue weighted by Crippen LogP contribution is 2.20. The third-order valence-electron chi connectivity index (χ3n) is 2.13. The zero-order valence-corrected chi connectivity index (χ0v) is 7.33. The average Bonchev–Trinajstić information content (AvgIpc) is 2.15. The molecule has 1 aliphatic rings. The van der Waals surface area contributed by atoms with Crippen molar-refractivity contribution in [2.24, 2.45) is 5.73 Å². The van der Waals surface area contributed by atoms with Gasteiger partial charge in [-0.15, -0.1) is 0 Å². The third kappa shape index (κ3) is 1.98. The van der Waals surface area contributed by atoms with Crippen LogP contribution in [0.15, 0.2) is 0 Å². The van der Waals surface area contributed by atoms with Gasteiger partial charge in [0.2, 0.25) is 0 Å². The highest BCUT2D eigenvalue weighted by atomic mass is 16.7. The first kappa shape index (κ1) is 10.8. The third-order valence-corrected chi connectivity index (χ3v) is 2.13. The minimum atomic E-state index is -1.28. The first-order chi connectivity index (χ1) is 6.11. The Bertz CT molecular complexity index is 147. The molecule has 1 rings (SSSR count). The summed E-state index contributed by atoms with van der Waals surface area (Å²) in [6, 6.07) is 0. The van der Waals surface area contributed by atoms with Crippen LogP contribution < -0.4 is 5.73 Å². The number of aliphatic hydroxyl groups is 3. The number of rotatable bonds is 2. The molecular formula is C7H15NO5. The molecule has 1 fully saturated rings. The van der Waals surface area contributed by atoms with Crippen LogP contribution in [0.5, 0.6) is 0 Å². The van der Waals surface area contributed by atoms with Gasteiger partial charge in [0.05, 0.1) is 0 Å². The summed E-state index contributed by atoms with van der Waals surface area (Å²) in [6.45, 7) is 0.0603. The van der Waals surface area contributed by atoms with E-state index in [-0.39, 0.29) is 6.54 Å². The summed E-state index contributed by atoms with van der Waals surface area (Å²) in [6.07, 6.45) is -5.35. The second-order valence-electron chi connectivity index (χ2n) is 2.99. The molecule has 0 spiro atoms. The van der Waals surface area contributed by atoms with Crippen LogP contribution in [-0.2, 0) is 9.47 Å². The van der Waals surface area contributed by atoms with E-state index < -0.39 is 30.7 Å². The molecule has 1 heterocycles. The number of ether oxygens (including phenoxy) is 2. The van der Waals surface area contributed by atoms with Gasteiger partial charge in [-0.3, -0.25) is 0 Å². The quantitative estimate of drug-likeness (QED) is 0.383. The average molecular weight is 193 g/mol. The smallest absolute Gasteiger partial charge is 0.186 e. The zero-order chi connectivity index (χ0) is 10.0. The second-order valence-corrected chi connectivity index (χ2v) is 2.99. The molecule has 78 valence electrons. The first-order valence-corrected chi connectivity index (χ1v) is 4.04. The van der Waals surface area contributed by atoms with Crippen molar-refractivity contribution in [3.63, 3.8) is 0 Å². The van der Waals surface area contributed by atoms with Gasteiger partial charge in [-0.1, -0.05) is 0 Å². The topological polar surface area (TPSA) is 105 Å². The molecule has 0 aliphatic carbocycles. The lowest BCUT2D eigenvalue weighted by molar-refractivity contribution is -0.287. The lowest BCUT2D eigenvalue weighted by Gasteiger charge is -2.39. The first-order valence-electron chi connectivity index (χ1n) is 4.04. The number of aliphatic hydroxyl groups excluding tert-OH is 3. The van der Waals surface area contributed by atoms with E-state index >= 15 is 0 Å².